The van der Waals surface area contributed by atoms with Gasteiger partial charge in [-0.25, -0.2) is 0 Å². The van der Waals surface area contributed by atoms with Crippen molar-refractivity contribution in [3.63, 3.8) is 0 Å². The molecule has 1 aromatic carbocycles. The first-order valence-electron chi connectivity index (χ1n) is 6.89. The predicted molar refractivity (Wildman–Crippen MR) is 82.0 cm³/mol. The molecule has 0 aliphatic rings. The van der Waals surface area contributed by atoms with Crippen LogP contribution in [0.2, 0.25) is 5.02 Å². The molecule has 0 fully saturated rings. The molecule has 0 bridgehead atoms. The van der Waals surface area contributed by atoms with Crippen LogP contribution in [0.4, 0.5) is 0 Å². The molecule has 0 aliphatic heterocycles. The van der Waals surface area contributed by atoms with Crippen LogP contribution in [0.1, 0.15) is 26.7 Å². The molecule has 20 heavy (non-hydrogen) atoms. The monoisotopic (exact) mass is 298 g/mol. The second kappa shape index (κ2) is 8.82. The number of nitrogens with two attached hydrogens (primary N) is 1. The lowest BCUT2D eigenvalue weighted by Crippen LogP contribution is -2.41. The van der Waals surface area contributed by atoms with E-state index >= 15 is 0 Å². The Morgan fingerprint density at radius 3 is 2.55 bits per heavy atom. The van der Waals surface area contributed by atoms with Crippen molar-refractivity contribution in [2.24, 2.45) is 11.7 Å². The molecule has 0 saturated carbocycles. The second-order valence-electron chi connectivity index (χ2n) is 5.18. The summed E-state index contributed by atoms with van der Waals surface area (Å²) in [6.45, 7) is 5.02. The third kappa shape index (κ3) is 6.78. The lowest BCUT2D eigenvalue weighted by atomic mass is 10.0. The Balaban J connectivity index is 2.27. The Morgan fingerprint density at radius 2 is 2.00 bits per heavy atom. The standard InChI is InChI=1S/C15H23ClN2O2/c1-11(2)9-13(10-17)18-15(19)7-8-20-14-5-3-12(16)4-6-14/h3-6,11,13H,7-10,17H2,1-2H3,(H,18,19). The number of benzene rings is 1. The van der Waals surface area contributed by atoms with Gasteiger partial charge in [0.1, 0.15) is 5.75 Å². The van der Waals surface area contributed by atoms with Gasteiger partial charge in [-0.15, -0.1) is 0 Å². The summed E-state index contributed by atoms with van der Waals surface area (Å²) in [6, 6.07) is 7.11. The third-order valence-corrected chi connectivity index (χ3v) is 3.07. The molecule has 0 heterocycles. The fraction of sp³-hybridized carbons (Fsp3) is 0.533. The zero-order chi connectivity index (χ0) is 15.0. The largest absolute Gasteiger partial charge is 0.493 e. The first-order valence-corrected chi connectivity index (χ1v) is 7.27. The van der Waals surface area contributed by atoms with Crippen LogP contribution >= 0.6 is 11.6 Å². The molecule has 3 N–H and O–H groups in total. The van der Waals surface area contributed by atoms with E-state index in [0.29, 0.717) is 36.3 Å². The highest BCUT2D eigenvalue weighted by molar-refractivity contribution is 6.30. The van der Waals surface area contributed by atoms with E-state index in [1.54, 1.807) is 24.3 Å². The summed E-state index contributed by atoms with van der Waals surface area (Å²) in [4.78, 5) is 11.8. The van der Waals surface area contributed by atoms with E-state index in [9.17, 15) is 4.79 Å². The number of hydrogen-bond donors (Lipinski definition) is 2. The summed E-state index contributed by atoms with van der Waals surface area (Å²) in [5, 5.41) is 3.59. The minimum absolute atomic E-state index is 0.0323. The quantitative estimate of drug-likeness (QED) is 0.775. The minimum atomic E-state index is -0.0323. The number of hydrogen-bond acceptors (Lipinski definition) is 3. The molecule has 1 atom stereocenters. The second-order valence-corrected chi connectivity index (χ2v) is 5.62. The van der Waals surface area contributed by atoms with Crippen LogP contribution < -0.4 is 15.8 Å². The molecule has 0 aliphatic carbocycles. The number of carbonyl (C=O) groups excluding carboxylic acids is 1. The highest BCUT2D eigenvalue weighted by Gasteiger charge is 2.12. The van der Waals surface area contributed by atoms with Crippen molar-refractivity contribution in [1.82, 2.24) is 5.32 Å². The Kier molecular flexibility index (Phi) is 7.41. The Hall–Kier alpha value is -1.26. The first kappa shape index (κ1) is 16.8. The molecule has 0 spiro atoms. The van der Waals surface area contributed by atoms with Crippen LogP contribution in [0, 0.1) is 5.92 Å². The lowest BCUT2D eigenvalue weighted by Gasteiger charge is -2.18. The SMILES string of the molecule is CC(C)CC(CN)NC(=O)CCOc1ccc(Cl)cc1. The van der Waals surface area contributed by atoms with E-state index in [1.807, 2.05) is 0 Å². The maximum Gasteiger partial charge on any atom is 0.223 e. The fourth-order valence-electron chi connectivity index (χ4n) is 1.88. The summed E-state index contributed by atoms with van der Waals surface area (Å²) >= 11 is 5.78. The van der Waals surface area contributed by atoms with E-state index in [1.165, 1.54) is 0 Å². The average molecular weight is 299 g/mol. The van der Waals surface area contributed by atoms with Crippen LogP contribution in [0.25, 0.3) is 0 Å². The molecule has 1 aromatic rings. The van der Waals surface area contributed by atoms with Crippen molar-refractivity contribution < 1.29 is 9.53 Å². The maximum absolute atomic E-state index is 11.8. The zero-order valence-corrected chi connectivity index (χ0v) is 12.8. The van der Waals surface area contributed by atoms with Gasteiger partial charge in [0, 0.05) is 17.6 Å². The summed E-state index contributed by atoms with van der Waals surface area (Å²) in [6.07, 6.45) is 1.21. The zero-order valence-electron chi connectivity index (χ0n) is 12.1. The minimum Gasteiger partial charge on any atom is -0.493 e. The van der Waals surface area contributed by atoms with E-state index in [-0.39, 0.29) is 11.9 Å². The molecule has 5 heteroatoms. The highest BCUT2D eigenvalue weighted by atomic mass is 35.5. The molecule has 0 radical (unpaired) electrons. The molecule has 1 amide bonds. The Morgan fingerprint density at radius 1 is 1.35 bits per heavy atom. The maximum atomic E-state index is 11.8. The van der Waals surface area contributed by atoms with Gasteiger partial charge in [-0.05, 0) is 36.6 Å². The van der Waals surface area contributed by atoms with E-state index in [4.69, 9.17) is 22.1 Å². The van der Waals surface area contributed by atoms with E-state index in [2.05, 4.69) is 19.2 Å². The molecular formula is C15H23ClN2O2. The average Bonchev–Trinajstić information content (AvgIpc) is 2.39. The molecule has 112 valence electrons. The topological polar surface area (TPSA) is 64.3 Å². The molecule has 4 nitrogen and oxygen atoms in total. The smallest absolute Gasteiger partial charge is 0.223 e. The number of ether oxygens (including phenoxy) is 1. The summed E-state index contributed by atoms with van der Waals surface area (Å²) in [7, 11) is 0. The molecule has 0 saturated heterocycles. The summed E-state index contributed by atoms with van der Waals surface area (Å²) in [5.41, 5.74) is 5.64. The molecule has 0 aromatic heterocycles. The van der Waals surface area contributed by atoms with E-state index in [0.717, 1.165) is 6.42 Å². The van der Waals surface area contributed by atoms with Gasteiger partial charge in [-0.1, -0.05) is 25.4 Å². The number of halogens is 1. The Bertz CT molecular complexity index is 407. The van der Waals surface area contributed by atoms with Gasteiger partial charge in [0.15, 0.2) is 0 Å². The van der Waals surface area contributed by atoms with Gasteiger partial charge < -0.3 is 15.8 Å². The Labute approximate surface area is 125 Å². The van der Waals surface area contributed by atoms with Crippen molar-refractivity contribution in [1.29, 1.82) is 0 Å². The van der Waals surface area contributed by atoms with E-state index < -0.39 is 0 Å². The van der Waals surface area contributed by atoms with Gasteiger partial charge in [0.25, 0.3) is 0 Å². The molecule has 1 unspecified atom stereocenters. The van der Waals surface area contributed by atoms with Crippen LogP contribution in [0.15, 0.2) is 24.3 Å². The number of rotatable bonds is 8. The van der Waals surface area contributed by atoms with Gasteiger partial charge in [-0.2, -0.15) is 0 Å². The first-order chi connectivity index (χ1) is 9.51. The van der Waals surface area contributed by atoms with Gasteiger partial charge in [-0.3, -0.25) is 4.79 Å². The van der Waals surface area contributed by atoms with Gasteiger partial charge >= 0.3 is 0 Å². The van der Waals surface area contributed by atoms with Crippen LogP contribution in [-0.2, 0) is 4.79 Å². The van der Waals surface area contributed by atoms with Gasteiger partial charge in [0.2, 0.25) is 5.91 Å². The van der Waals surface area contributed by atoms with Crippen LogP contribution in [0.5, 0.6) is 5.75 Å². The van der Waals surface area contributed by atoms with Crippen molar-refractivity contribution in [2.45, 2.75) is 32.7 Å². The van der Waals surface area contributed by atoms with Crippen LogP contribution in [0.3, 0.4) is 0 Å². The van der Waals surface area contributed by atoms with Crippen molar-refractivity contribution in [2.75, 3.05) is 13.2 Å². The highest BCUT2D eigenvalue weighted by Crippen LogP contribution is 2.15. The number of nitrogens with one attached hydrogen (secondary N) is 1. The third-order valence-electron chi connectivity index (χ3n) is 2.82. The predicted octanol–water partition coefficient (Wildman–Crippen LogP) is 2.60. The van der Waals surface area contributed by atoms with Gasteiger partial charge in [0.05, 0.1) is 13.0 Å². The van der Waals surface area contributed by atoms with Crippen molar-refractivity contribution in [3.05, 3.63) is 29.3 Å². The van der Waals surface area contributed by atoms with Crippen molar-refractivity contribution >= 4 is 17.5 Å². The number of amides is 1. The van der Waals surface area contributed by atoms with Crippen molar-refractivity contribution in [3.8, 4) is 5.75 Å². The molecule has 1 rings (SSSR count). The summed E-state index contributed by atoms with van der Waals surface area (Å²) in [5.74, 6) is 1.18. The fourth-order valence-corrected chi connectivity index (χ4v) is 2.00. The van der Waals surface area contributed by atoms with Crippen LogP contribution in [-0.4, -0.2) is 25.1 Å². The number of carbonyl (C=O) groups is 1. The lowest BCUT2D eigenvalue weighted by molar-refractivity contribution is -0.122. The normalized spacial score (nSPS) is 12.2. The summed E-state index contributed by atoms with van der Waals surface area (Å²) < 4.78 is 5.48. The molecular weight excluding hydrogens is 276 g/mol.